The van der Waals surface area contributed by atoms with Gasteiger partial charge in [-0.15, -0.1) is 0 Å². The molecule has 0 aliphatic rings. The van der Waals surface area contributed by atoms with Crippen LogP contribution in [0.3, 0.4) is 0 Å². The minimum atomic E-state index is -1.07. The number of nitrogens with zero attached hydrogens (tertiary/aromatic N) is 2. The number of rotatable bonds is 1. The van der Waals surface area contributed by atoms with Gasteiger partial charge < -0.3 is 9.51 Å². The fourth-order valence-electron chi connectivity index (χ4n) is 1.11. The van der Waals surface area contributed by atoms with Gasteiger partial charge in [0.05, 0.1) is 0 Å². The van der Waals surface area contributed by atoms with Gasteiger partial charge in [0, 0.05) is 30.3 Å². The Morgan fingerprint density at radius 1 is 1.54 bits per heavy atom. The molecule has 0 spiro atoms. The van der Waals surface area contributed by atoms with E-state index in [0.29, 0.717) is 11.3 Å². The third kappa shape index (κ3) is 1.44. The number of hydrogen-bond donors (Lipinski definition) is 2. The Bertz CT molecular complexity index is 449. The van der Waals surface area contributed by atoms with Gasteiger partial charge in [0.15, 0.2) is 0 Å². The van der Waals surface area contributed by atoms with Crippen molar-refractivity contribution >= 4 is 17.4 Å². The maximum atomic E-state index is 10.3. The van der Waals surface area contributed by atoms with E-state index < -0.39 is 6.09 Å². The van der Waals surface area contributed by atoms with Gasteiger partial charge >= 0.3 is 6.09 Å². The molecule has 0 unspecified atom stereocenters. The number of anilines is 1. The first-order valence-corrected chi connectivity index (χ1v) is 3.68. The van der Waals surface area contributed by atoms with E-state index in [9.17, 15) is 4.79 Å². The van der Waals surface area contributed by atoms with Crippen LogP contribution in [0.2, 0.25) is 0 Å². The number of fused-ring (bicyclic) bond motifs is 1. The van der Waals surface area contributed by atoms with Crippen molar-refractivity contribution in [3.63, 3.8) is 0 Å². The van der Waals surface area contributed by atoms with E-state index in [4.69, 9.17) is 5.11 Å². The van der Waals surface area contributed by atoms with Crippen LogP contribution in [0.5, 0.6) is 0 Å². The average molecular weight is 177 g/mol. The van der Waals surface area contributed by atoms with Gasteiger partial charge in [-0.2, -0.15) is 0 Å². The molecule has 0 aliphatic heterocycles. The summed E-state index contributed by atoms with van der Waals surface area (Å²) >= 11 is 0. The van der Waals surface area contributed by atoms with Crippen LogP contribution >= 0.6 is 0 Å². The SMILES string of the molecule is O=C(O)Nc1ccn2ccnc2c1. The summed E-state index contributed by atoms with van der Waals surface area (Å²) in [5, 5.41) is 10.7. The molecule has 66 valence electrons. The highest BCUT2D eigenvalue weighted by Crippen LogP contribution is 2.09. The lowest BCUT2D eigenvalue weighted by Gasteiger charge is -2.00. The smallest absolute Gasteiger partial charge is 0.409 e. The summed E-state index contributed by atoms with van der Waals surface area (Å²) in [4.78, 5) is 14.3. The quantitative estimate of drug-likeness (QED) is 0.692. The zero-order valence-corrected chi connectivity index (χ0v) is 6.64. The first kappa shape index (κ1) is 7.60. The van der Waals surface area contributed by atoms with Gasteiger partial charge in [0.1, 0.15) is 5.65 Å². The molecule has 1 amide bonds. The lowest BCUT2D eigenvalue weighted by atomic mass is 10.4. The Hall–Kier alpha value is -2.04. The lowest BCUT2D eigenvalue weighted by Crippen LogP contribution is -2.07. The normalized spacial score (nSPS) is 10.2. The molecule has 0 saturated heterocycles. The minimum Gasteiger partial charge on any atom is -0.465 e. The molecule has 13 heavy (non-hydrogen) atoms. The van der Waals surface area contributed by atoms with Crippen LogP contribution in [-0.2, 0) is 0 Å². The lowest BCUT2D eigenvalue weighted by molar-refractivity contribution is 0.210. The molecule has 2 rings (SSSR count). The van der Waals surface area contributed by atoms with E-state index >= 15 is 0 Å². The zero-order valence-electron chi connectivity index (χ0n) is 6.64. The Morgan fingerprint density at radius 3 is 3.15 bits per heavy atom. The van der Waals surface area contributed by atoms with Crippen LogP contribution in [0.4, 0.5) is 10.5 Å². The predicted molar refractivity (Wildman–Crippen MR) is 46.8 cm³/mol. The first-order valence-electron chi connectivity index (χ1n) is 3.68. The molecule has 5 nitrogen and oxygen atoms in total. The van der Waals surface area contributed by atoms with Gasteiger partial charge in [-0.3, -0.25) is 5.32 Å². The Kier molecular flexibility index (Phi) is 1.63. The maximum Gasteiger partial charge on any atom is 0.409 e. The summed E-state index contributed by atoms with van der Waals surface area (Å²) in [5.41, 5.74) is 1.23. The minimum absolute atomic E-state index is 0.520. The average Bonchev–Trinajstić information content (AvgIpc) is 2.49. The van der Waals surface area contributed by atoms with Crippen molar-refractivity contribution in [2.24, 2.45) is 0 Å². The van der Waals surface area contributed by atoms with Crippen molar-refractivity contribution in [2.75, 3.05) is 5.32 Å². The molecule has 2 aromatic heterocycles. The van der Waals surface area contributed by atoms with Gasteiger partial charge in [-0.05, 0) is 6.07 Å². The van der Waals surface area contributed by atoms with Gasteiger partial charge in [-0.1, -0.05) is 0 Å². The van der Waals surface area contributed by atoms with Gasteiger partial charge in [-0.25, -0.2) is 9.78 Å². The number of imidazole rings is 1. The second-order valence-electron chi connectivity index (χ2n) is 2.54. The van der Waals surface area contributed by atoms with Crippen molar-refractivity contribution in [1.82, 2.24) is 9.38 Å². The number of pyridine rings is 1. The Morgan fingerprint density at radius 2 is 2.38 bits per heavy atom. The standard InChI is InChI=1S/C8H7N3O2/c12-8(13)10-6-1-3-11-4-2-9-7(11)5-6/h1-5,10H,(H,12,13). The summed E-state index contributed by atoms with van der Waals surface area (Å²) in [5.74, 6) is 0. The highest BCUT2D eigenvalue weighted by molar-refractivity contribution is 5.83. The molecule has 0 fully saturated rings. The number of amides is 1. The third-order valence-corrected chi connectivity index (χ3v) is 1.65. The Labute approximate surface area is 73.6 Å². The molecule has 0 atom stereocenters. The number of carbonyl (C=O) groups is 1. The molecular weight excluding hydrogens is 170 g/mol. The van der Waals surface area contributed by atoms with Crippen molar-refractivity contribution in [1.29, 1.82) is 0 Å². The first-order chi connectivity index (χ1) is 6.25. The fourth-order valence-corrected chi connectivity index (χ4v) is 1.11. The molecule has 0 aliphatic carbocycles. The second-order valence-corrected chi connectivity index (χ2v) is 2.54. The third-order valence-electron chi connectivity index (χ3n) is 1.65. The van der Waals surface area contributed by atoms with Crippen molar-refractivity contribution < 1.29 is 9.90 Å². The van der Waals surface area contributed by atoms with Crippen molar-refractivity contribution in [3.05, 3.63) is 30.7 Å². The summed E-state index contributed by atoms with van der Waals surface area (Å²) in [6, 6.07) is 3.33. The number of hydrogen-bond acceptors (Lipinski definition) is 2. The van der Waals surface area contributed by atoms with E-state index in [-0.39, 0.29) is 0 Å². The van der Waals surface area contributed by atoms with E-state index in [0.717, 1.165) is 0 Å². The molecule has 2 N–H and O–H groups in total. The fraction of sp³-hybridized carbons (Fsp3) is 0. The van der Waals surface area contributed by atoms with Gasteiger partial charge in [0.25, 0.3) is 0 Å². The van der Waals surface area contributed by atoms with Crippen LogP contribution in [-0.4, -0.2) is 20.6 Å². The molecule has 5 heteroatoms. The second kappa shape index (κ2) is 2.78. The van der Waals surface area contributed by atoms with Crippen LogP contribution in [0, 0.1) is 0 Å². The van der Waals surface area contributed by atoms with Crippen LogP contribution in [0.1, 0.15) is 0 Å². The Balaban J connectivity index is 2.42. The molecule has 0 aromatic carbocycles. The molecule has 0 saturated carbocycles. The number of aromatic nitrogens is 2. The van der Waals surface area contributed by atoms with E-state index in [1.807, 2.05) is 0 Å². The monoisotopic (exact) mass is 177 g/mol. The van der Waals surface area contributed by atoms with E-state index in [1.165, 1.54) is 0 Å². The van der Waals surface area contributed by atoms with Crippen molar-refractivity contribution in [3.8, 4) is 0 Å². The van der Waals surface area contributed by atoms with Crippen LogP contribution in [0.25, 0.3) is 5.65 Å². The van der Waals surface area contributed by atoms with E-state index in [2.05, 4.69) is 10.3 Å². The van der Waals surface area contributed by atoms with E-state index in [1.54, 1.807) is 35.1 Å². The molecule has 0 bridgehead atoms. The summed E-state index contributed by atoms with van der Waals surface area (Å²) < 4.78 is 1.80. The van der Waals surface area contributed by atoms with Crippen LogP contribution < -0.4 is 5.32 Å². The zero-order chi connectivity index (χ0) is 9.26. The maximum absolute atomic E-state index is 10.3. The number of nitrogens with one attached hydrogen (secondary N) is 1. The highest BCUT2D eigenvalue weighted by Gasteiger charge is 1.99. The van der Waals surface area contributed by atoms with Crippen molar-refractivity contribution in [2.45, 2.75) is 0 Å². The summed E-state index contributed by atoms with van der Waals surface area (Å²) in [6.45, 7) is 0. The molecule has 2 aromatic rings. The summed E-state index contributed by atoms with van der Waals surface area (Å²) in [7, 11) is 0. The van der Waals surface area contributed by atoms with Gasteiger partial charge in [0.2, 0.25) is 0 Å². The molecule has 0 radical (unpaired) electrons. The predicted octanol–water partition coefficient (Wildman–Crippen LogP) is 1.42. The largest absolute Gasteiger partial charge is 0.465 e. The van der Waals surface area contributed by atoms with Crippen LogP contribution in [0.15, 0.2) is 30.7 Å². The summed E-state index contributed by atoms with van der Waals surface area (Å²) in [6.07, 6.45) is 4.11. The molecule has 2 heterocycles. The molecular formula is C8H7N3O2. The topological polar surface area (TPSA) is 66.6 Å². The highest BCUT2D eigenvalue weighted by atomic mass is 16.4. The number of carboxylic acid groups (broad SMARTS) is 1.